The maximum Gasteiger partial charge on any atom is 0.165 e. The molecular formula is C23H26N2O3. The Morgan fingerprint density at radius 1 is 0.714 bits per heavy atom. The average molecular weight is 378 g/mol. The van der Waals surface area contributed by atoms with Gasteiger partial charge in [-0.3, -0.25) is 9.88 Å². The molecule has 1 aromatic heterocycles. The highest BCUT2D eigenvalue weighted by Gasteiger charge is 2.15. The van der Waals surface area contributed by atoms with Crippen molar-refractivity contribution in [1.29, 1.82) is 0 Å². The minimum atomic E-state index is 0.731. The fraction of sp³-hybridized carbons (Fsp3) is 0.261. The van der Waals surface area contributed by atoms with E-state index in [2.05, 4.69) is 28.1 Å². The molecule has 0 atom stereocenters. The molecule has 0 bridgehead atoms. The standard InChI is InChI=1S/C23H26N2O3/c1-26-21-9-7-18(8-10-21)15-25(16-19-11-13-24-14-12-19)17-20-5-4-6-22(27-2)23(20)28-3/h4-14H,15-17H2,1-3H3. The SMILES string of the molecule is COc1ccc(CN(Cc2ccncc2)Cc2cccc(OC)c2OC)cc1. The summed E-state index contributed by atoms with van der Waals surface area (Å²) in [5, 5.41) is 0. The molecule has 0 unspecified atom stereocenters. The Hall–Kier alpha value is -3.05. The normalized spacial score (nSPS) is 10.7. The van der Waals surface area contributed by atoms with Gasteiger partial charge >= 0.3 is 0 Å². The minimum Gasteiger partial charge on any atom is -0.497 e. The molecule has 0 saturated carbocycles. The predicted molar refractivity (Wildman–Crippen MR) is 110 cm³/mol. The van der Waals surface area contributed by atoms with Crippen LogP contribution in [0, 0.1) is 0 Å². The molecule has 0 aliphatic heterocycles. The molecular weight excluding hydrogens is 352 g/mol. The zero-order chi connectivity index (χ0) is 19.8. The number of para-hydroxylation sites is 1. The average Bonchev–Trinajstić information content (AvgIpc) is 2.74. The van der Waals surface area contributed by atoms with E-state index in [0.29, 0.717) is 0 Å². The highest BCUT2D eigenvalue weighted by Crippen LogP contribution is 2.32. The van der Waals surface area contributed by atoms with Gasteiger partial charge in [-0.25, -0.2) is 0 Å². The van der Waals surface area contributed by atoms with Gasteiger partial charge in [-0.1, -0.05) is 24.3 Å². The second-order valence-corrected chi connectivity index (χ2v) is 6.50. The summed E-state index contributed by atoms with van der Waals surface area (Å²) >= 11 is 0. The number of benzene rings is 2. The summed E-state index contributed by atoms with van der Waals surface area (Å²) in [5.74, 6) is 2.38. The summed E-state index contributed by atoms with van der Waals surface area (Å²) in [6.07, 6.45) is 3.65. The molecule has 0 spiro atoms. The summed E-state index contributed by atoms with van der Waals surface area (Å²) in [6, 6.07) is 18.3. The lowest BCUT2D eigenvalue weighted by Gasteiger charge is -2.24. The Labute approximate surface area is 166 Å². The van der Waals surface area contributed by atoms with Gasteiger partial charge in [0.1, 0.15) is 5.75 Å². The zero-order valence-electron chi connectivity index (χ0n) is 16.6. The lowest BCUT2D eigenvalue weighted by molar-refractivity contribution is 0.242. The number of hydrogen-bond donors (Lipinski definition) is 0. The Bertz CT molecular complexity index is 867. The van der Waals surface area contributed by atoms with Gasteiger partial charge in [0.15, 0.2) is 11.5 Å². The molecule has 3 rings (SSSR count). The van der Waals surface area contributed by atoms with E-state index >= 15 is 0 Å². The van der Waals surface area contributed by atoms with E-state index in [1.807, 2.05) is 48.8 Å². The summed E-state index contributed by atoms with van der Waals surface area (Å²) in [4.78, 5) is 6.49. The second kappa shape index (κ2) is 9.76. The molecule has 0 saturated heterocycles. The fourth-order valence-electron chi connectivity index (χ4n) is 3.22. The Kier molecular flexibility index (Phi) is 6.87. The number of ether oxygens (including phenoxy) is 3. The second-order valence-electron chi connectivity index (χ2n) is 6.50. The summed E-state index contributed by atoms with van der Waals surface area (Å²) in [6.45, 7) is 2.33. The Balaban J connectivity index is 1.85. The lowest BCUT2D eigenvalue weighted by atomic mass is 10.1. The topological polar surface area (TPSA) is 43.8 Å². The molecule has 0 aliphatic rings. The van der Waals surface area contributed by atoms with Gasteiger partial charge in [-0.2, -0.15) is 0 Å². The van der Waals surface area contributed by atoms with Crippen LogP contribution >= 0.6 is 0 Å². The van der Waals surface area contributed by atoms with Crippen molar-refractivity contribution in [1.82, 2.24) is 9.88 Å². The van der Waals surface area contributed by atoms with Crippen molar-refractivity contribution < 1.29 is 14.2 Å². The Morgan fingerprint density at radius 2 is 1.39 bits per heavy atom. The van der Waals surface area contributed by atoms with Crippen molar-refractivity contribution in [3.63, 3.8) is 0 Å². The van der Waals surface area contributed by atoms with Crippen molar-refractivity contribution in [2.75, 3.05) is 21.3 Å². The molecule has 1 heterocycles. The number of rotatable bonds is 9. The van der Waals surface area contributed by atoms with Crippen LogP contribution in [0.15, 0.2) is 67.0 Å². The molecule has 0 radical (unpaired) electrons. The van der Waals surface area contributed by atoms with Gasteiger partial charge in [0, 0.05) is 37.6 Å². The predicted octanol–water partition coefficient (Wildman–Crippen LogP) is 4.31. The molecule has 0 amide bonds. The third-order valence-corrected chi connectivity index (χ3v) is 4.60. The summed E-state index contributed by atoms with van der Waals surface area (Å²) in [5.41, 5.74) is 3.52. The van der Waals surface area contributed by atoms with Crippen molar-refractivity contribution >= 4 is 0 Å². The van der Waals surface area contributed by atoms with Crippen LogP contribution in [0.2, 0.25) is 0 Å². The first-order valence-electron chi connectivity index (χ1n) is 9.17. The largest absolute Gasteiger partial charge is 0.497 e. The van der Waals surface area contributed by atoms with E-state index < -0.39 is 0 Å². The lowest BCUT2D eigenvalue weighted by Crippen LogP contribution is -2.22. The summed E-state index contributed by atoms with van der Waals surface area (Å²) < 4.78 is 16.3. The van der Waals surface area contributed by atoms with Gasteiger partial charge in [-0.15, -0.1) is 0 Å². The molecule has 2 aromatic carbocycles. The molecule has 5 heteroatoms. The van der Waals surface area contributed by atoms with E-state index in [1.54, 1.807) is 21.3 Å². The smallest absolute Gasteiger partial charge is 0.165 e. The van der Waals surface area contributed by atoms with Crippen LogP contribution in [-0.2, 0) is 19.6 Å². The first-order valence-corrected chi connectivity index (χ1v) is 9.17. The quantitative estimate of drug-likeness (QED) is 0.555. The molecule has 0 N–H and O–H groups in total. The summed E-state index contributed by atoms with van der Waals surface area (Å²) in [7, 11) is 5.02. The van der Waals surface area contributed by atoms with Crippen molar-refractivity contribution in [2.45, 2.75) is 19.6 Å². The molecule has 0 aliphatic carbocycles. The first kappa shape index (κ1) is 19.7. The maximum atomic E-state index is 5.62. The molecule has 146 valence electrons. The van der Waals surface area contributed by atoms with Crippen LogP contribution in [0.5, 0.6) is 17.2 Å². The van der Waals surface area contributed by atoms with Crippen LogP contribution < -0.4 is 14.2 Å². The third kappa shape index (κ3) is 5.02. The number of hydrogen-bond acceptors (Lipinski definition) is 5. The number of methoxy groups -OCH3 is 3. The number of aromatic nitrogens is 1. The number of pyridine rings is 1. The van der Waals surface area contributed by atoms with Crippen molar-refractivity contribution in [2.24, 2.45) is 0 Å². The van der Waals surface area contributed by atoms with Gasteiger partial charge in [0.25, 0.3) is 0 Å². The van der Waals surface area contributed by atoms with Gasteiger partial charge in [0.05, 0.1) is 21.3 Å². The van der Waals surface area contributed by atoms with Crippen LogP contribution in [0.25, 0.3) is 0 Å². The van der Waals surface area contributed by atoms with Gasteiger partial charge in [0.2, 0.25) is 0 Å². The molecule has 28 heavy (non-hydrogen) atoms. The van der Waals surface area contributed by atoms with E-state index in [4.69, 9.17) is 14.2 Å². The highest BCUT2D eigenvalue weighted by molar-refractivity contribution is 5.46. The van der Waals surface area contributed by atoms with E-state index in [1.165, 1.54) is 11.1 Å². The van der Waals surface area contributed by atoms with Crippen LogP contribution in [0.3, 0.4) is 0 Å². The third-order valence-electron chi connectivity index (χ3n) is 4.60. The van der Waals surface area contributed by atoms with Crippen molar-refractivity contribution in [3.8, 4) is 17.2 Å². The number of nitrogens with zero attached hydrogens (tertiary/aromatic N) is 2. The molecule has 5 nitrogen and oxygen atoms in total. The van der Waals surface area contributed by atoms with Gasteiger partial charge < -0.3 is 14.2 Å². The van der Waals surface area contributed by atoms with Gasteiger partial charge in [-0.05, 0) is 41.5 Å². The maximum absolute atomic E-state index is 5.62. The van der Waals surface area contributed by atoms with E-state index in [0.717, 1.165) is 42.4 Å². The molecule has 3 aromatic rings. The van der Waals surface area contributed by atoms with Crippen molar-refractivity contribution in [3.05, 3.63) is 83.7 Å². The van der Waals surface area contributed by atoms with Crippen LogP contribution in [0.1, 0.15) is 16.7 Å². The first-order chi connectivity index (χ1) is 13.7. The monoisotopic (exact) mass is 378 g/mol. The van der Waals surface area contributed by atoms with E-state index in [9.17, 15) is 0 Å². The Morgan fingerprint density at radius 3 is 2.00 bits per heavy atom. The van der Waals surface area contributed by atoms with Crippen LogP contribution in [0.4, 0.5) is 0 Å². The molecule has 0 fully saturated rings. The van der Waals surface area contributed by atoms with Crippen LogP contribution in [-0.4, -0.2) is 31.2 Å². The zero-order valence-corrected chi connectivity index (χ0v) is 16.6. The highest BCUT2D eigenvalue weighted by atomic mass is 16.5. The fourth-order valence-corrected chi connectivity index (χ4v) is 3.22. The van der Waals surface area contributed by atoms with E-state index in [-0.39, 0.29) is 0 Å². The minimum absolute atomic E-state index is 0.731.